The third-order valence-corrected chi connectivity index (χ3v) is 17.9. The van der Waals surface area contributed by atoms with Gasteiger partial charge in [-0.2, -0.15) is 0 Å². The Balaban J connectivity index is 1.13. The summed E-state index contributed by atoms with van der Waals surface area (Å²) in [6.07, 6.45) is 4.93. The van der Waals surface area contributed by atoms with E-state index in [4.69, 9.17) is 0 Å². The van der Waals surface area contributed by atoms with E-state index in [1.54, 1.807) is 0 Å². The molecule has 2 aliphatic heterocycles. The normalized spacial score (nSPS) is 15.5. The van der Waals surface area contributed by atoms with Gasteiger partial charge < -0.3 is 9.80 Å². The molecule has 8 aromatic carbocycles. The van der Waals surface area contributed by atoms with E-state index in [-0.39, 0.29) is 28.4 Å². The molecule has 4 aliphatic rings. The molecule has 71 heavy (non-hydrogen) atoms. The van der Waals surface area contributed by atoms with Gasteiger partial charge in [-0.25, -0.2) is 0 Å². The first kappa shape index (κ1) is 44.3. The van der Waals surface area contributed by atoms with E-state index in [0.717, 1.165) is 5.69 Å². The first-order valence-electron chi connectivity index (χ1n) is 26.1. The smallest absolute Gasteiger partial charge is 0.264 e. The molecule has 1 fully saturated rings. The maximum absolute atomic E-state index is 2.76. The average molecular weight is 939 g/mol. The zero-order valence-electron chi connectivity index (χ0n) is 42.9. The topological polar surface area (TPSA) is 6.48 Å². The van der Waals surface area contributed by atoms with Crippen LogP contribution in [0.3, 0.4) is 0 Å². The molecule has 0 atom stereocenters. The van der Waals surface area contributed by atoms with Gasteiger partial charge in [-0.3, -0.25) is 0 Å². The zero-order chi connectivity index (χ0) is 48.8. The molecule has 13 rings (SSSR count). The summed E-state index contributed by atoms with van der Waals surface area (Å²) in [5, 5.41) is 1.34. The first-order chi connectivity index (χ1) is 34.1. The van der Waals surface area contributed by atoms with Crippen LogP contribution >= 0.6 is 11.3 Å². The second kappa shape index (κ2) is 15.7. The van der Waals surface area contributed by atoms with Crippen LogP contribution in [0.2, 0.25) is 0 Å². The van der Waals surface area contributed by atoms with E-state index >= 15 is 0 Å². The fourth-order valence-electron chi connectivity index (χ4n) is 12.9. The van der Waals surface area contributed by atoms with Gasteiger partial charge in [0.1, 0.15) is 0 Å². The second-order valence-corrected chi connectivity index (χ2v) is 25.2. The molecule has 0 unspecified atom stereocenters. The van der Waals surface area contributed by atoms with Gasteiger partial charge in [0.15, 0.2) is 0 Å². The van der Waals surface area contributed by atoms with Gasteiger partial charge in [-0.15, -0.1) is 11.3 Å². The molecule has 0 bridgehead atoms. The third kappa shape index (κ3) is 6.80. The van der Waals surface area contributed by atoms with Crippen molar-refractivity contribution in [2.75, 3.05) is 9.80 Å². The lowest BCUT2D eigenvalue weighted by molar-refractivity contribution is 0.550. The fourth-order valence-corrected chi connectivity index (χ4v) is 14.2. The van der Waals surface area contributed by atoms with E-state index < -0.39 is 0 Å². The molecule has 3 heterocycles. The summed E-state index contributed by atoms with van der Waals surface area (Å²) in [6, 6.07) is 66.2. The minimum atomic E-state index is -0.0379. The molecule has 0 amide bonds. The van der Waals surface area contributed by atoms with Gasteiger partial charge in [0.05, 0.1) is 11.4 Å². The van der Waals surface area contributed by atoms with Gasteiger partial charge in [0.2, 0.25) is 0 Å². The van der Waals surface area contributed by atoms with Crippen molar-refractivity contribution in [1.29, 1.82) is 0 Å². The summed E-state index contributed by atoms with van der Waals surface area (Å²) in [4.78, 5) is 5.36. The molecule has 4 heteroatoms. The highest BCUT2D eigenvalue weighted by molar-refractivity contribution is 7.33. The third-order valence-electron chi connectivity index (χ3n) is 16.7. The van der Waals surface area contributed by atoms with E-state index in [1.165, 1.54) is 141 Å². The Bertz CT molecular complexity index is 3590. The quantitative estimate of drug-likeness (QED) is 0.162. The van der Waals surface area contributed by atoms with Crippen molar-refractivity contribution in [3.05, 3.63) is 198 Å². The van der Waals surface area contributed by atoms with Crippen LogP contribution in [0.4, 0.5) is 34.1 Å². The molecule has 1 saturated carbocycles. The van der Waals surface area contributed by atoms with Crippen molar-refractivity contribution in [2.45, 2.75) is 110 Å². The lowest BCUT2D eigenvalue weighted by Crippen LogP contribution is -2.60. The monoisotopic (exact) mass is 938 g/mol. The maximum Gasteiger partial charge on any atom is 0.264 e. The number of nitrogens with zero attached hydrogens (tertiary/aromatic N) is 2. The largest absolute Gasteiger partial charge is 0.311 e. The number of hydrogen-bond donors (Lipinski definition) is 0. The number of benzene rings is 8. The molecule has 0 N–H and O–H groups in total. The molecule has 1 aromatic heterocycles. The average Bonchev–Trinajstić information content (AvgIpc) is 4.09. The van der Waals surface area contributed by atoms with Crippen LogP contribution in [-0.4, -0.2) is 6.71 Å². The number of hydrogen-bond acceptors (Lipinski definition) is 3. The number of rotatable bonds is 4. The SMILES string of the molecule is CC(C)(C)c1ccc(-c2ccc(N3c4ccc(C(C)(C)C)cc4B4c5sc6ccc(C(C)(C)C)cc6c5N(c5cccc6c5-c5ccccc5C65CCCC5)c5cc(-c6ccccc6)cc3c54)cc2)cc1. The Morgan fingerprint density at radius 3 is 1.73 bits per heavy atom. The van der Waals surface area contributed by atoms with Crippen LogP contribution in [0.1, 0.15) is 116 Å². The molecular formula is C67H63BN2S. The Morgan fingerprint density at radius 2 is 1.04 bits per heavy atom. The van der Waals surface area contributed by atoms with E-state index in [1.807, 2.05) is 11.3 Å². The van der Waals surface area contributed by atoms with Gasteiger partial charge in [0.25, 0.3) is 6.71 Å². The predicted molar refractivity (Wildman–Crippen MR) is 308 cm³/mol. The second-order valence-electron chi connectivity index (χ2n) is 24.1. The number of anilines is 6. The minimum absolute atomic E-state index is 0.0131. The molecule has 9 aromatic rings. The zero-order valence-corrected chi connectivity index (χ0v) is 43.7. The lowest BCUT2D eigenvalue weighted by atomic mass is 9.36. The van der Waals surface area contributed by atoms with Crippen LogP contribution < -0.4 is 25.5 Å². The van der Waals surface area contributed by atoms with Crippen molar-refractivity contribution in [2.24, 2.45) is 0 Å². The van der Waals surface area contributed by atoms with Crippen LogP contribution in [0, 0.1) is 0 Å². The highest BCUT2D eigenvalue weighted by Gasteiger charge is 2.49. The summed E-state index contributed by atoms with van der Waals surface area (Å²) >= 11 is 2.01. The van der Waals surface area contributed by atoms with Gasteiger partial charge in [-0.05, 0) is 144 Å². The fraction of sp³-hybridized carbons (Fsp3) is 0.254. The summed E-state index contributed by atoms with van der Waals surface area (Å²) in [5.41, 5.74) is 25.2. The van der Waals surface area contributed by atoms with Crippen molar-refractivity contribution < 1.29 is 0 Å². The standard InChI is InChI=1S/C67H63BN2S/c1-64(2,3)46-28-24-43(25-29-46)44-26-32-49(33-27-44)69-55-34-30-48(66(7,8)9)41-54(55)68-61-57(69)38-45(42-18-11-10-12-19-42)39-58(61)70(62-51-40-47(65(4,5)6)31-35-59(51)71-63(62)68)56-23-17-22-53-60(56)50-20-13-14-21-52(50)67(53)36-15-16-37-67/h10-14,17-35,38-41H,15-16,36-37H2,1-9H3. The molecule has 2 nitrogen and oxygen atoms in total. The predicted octanol–water partition coefficient (Wildman–Crippen LogP) is 17.1. The van der Waals surface area contributed by atoms with Gasteiger partial charge in [0, 0.05) is 48.6 Å². The highest BCUT2D eigenvalue weighted by atomic mass is 32.1. The number of fused-ring (bicyclic) bond motifs is 11. The first-order valence-corrected chi connectivity index (χ1v) is 26.9. The Labute approximate surface area is 426 Å². The van der Waals surface area contributed by atoms with Crippen LogP contribution in [0.15, 0.2) is 170 Å². The molecule has 0 radical (unpaired) electrons. The molecular weight excluding hydrogens is 876 g/mol. The van der Waals surface area contributed by atoms with Crippen molar-refractivity contribution in [3.63, 3.8) is 0 Å². The van der Waals surface area contributed by atoms with Crippen molar-refractivity contribution >= 4 is 78.0 Å². The molecule has 1 spiro atoms. The number of thiophene rings is 1. The summed E-state index contributed by atoms with van der Waals surface area (Å²) in [6.45, 7) is 21.0. The van der Waals surface area contributed by atoms with E-state index in [0.29, 0.717) is 0 Å². The lowest BCUT2D eigenvalue weighted by Gasteiger charge is -2.44. The van der Waals surface area contributed by atoms with E-state index in [2.05, 4.69) is 242 Å². The minimum Gasteiger partial charge on any atom is -0.311 e. The Kier molecular flexibility index (Phi) is 9.80. The Hall–Kier alpha value is -6.62. The van der Waals surface area contributed by atoms with Crippen LogP contribution in [0.5, 0.6) is 0 Å². The maximum atomic E-state index is 2.76. The molecule has 2 aliphatic carbocycles. The Morgan fingerprint density at radius 1 is 0.465 bits per heavy atom. The summed E-state index contributed by atoms with van der Waals surface area (Å²) < 4.78 is 2.76. The van der Waals surface area contributed by atoms with Gasteiger partial charge >= 0.3 is 0 Å². The highest BCUT2D eigenvalue weighted by Crippen LogP contribution is 2.61. The van der Waals surface area contributed by atoms with Crippen molar-refractivity contribution in [3.8, 4) is 33.4 Å². The van der Waals surface area contributed by atoms with Crippen molar-refractivity contribution in [1.82, 2.24) is 0 Å². The summed E-state index contributed by atoms with van der Waals surface area (Å²) in [5.74, 6) is 0. The van der Waals surface area contributed by atoms with E-state index in [9.17, 15) is 0 Å². The van der Waals surface area contributed by atoms with Gasteiger partial charge in [-0.1, -0.05) is 196 Å². The molecule has 350 valence electrons. The summed E-state index contributed by atoms with van der Waals surface area (Å²) in [7, 11) is 0. The molecule has 0 saturated heterocycles. The van der Waals surface area contributed by atoms with Crippen LogP contribution in [0.25, 0.3) is 43.5 Å². The van der Waals surface area contributed by atoms with Crippen LogP contribution in [-0.2, 0) is 21.7 Å².